The summed E-state index contributed by atoms with van der Waals surface area (Å²) in [5, 5.41) is 6.30. The monoisotopic (exact) mass is 395 g/mol. The highest BCUT2D eigenvalue weighted by molar-refractivity contribution is 6.42. The lowest BCUT2D eigenvalue weighted by molar-refractivity contribution is 0.0927. The summed E-state index contributed by atoms with van der Waals surface area (Å²) in [7, 11) is 0. The highest BCUT2D eigenvalue weighted by Crippen LogP contribution is 2.22. The van der Waals surface area contributed by atoms with Crippen LogP contribution >= 0.6 is 23.2 Å². The molecule has 2 amide bonds. The number of nitrogens with one attached hydrogen (secondary N) is 2. The molecule has 5 nitrogen and oxygen atoms in total. The zero-order valence-electron chi connectivity index (χ0n) is 15.3. The number of carbonyl (C=O) groups excluding carboxylic acids is 2. The molecule has 26 heavy (non-hydrogen) atoms. The van der Waals surface area contributed by atoms with Crippen LogP contribution in [0.1, 0.15) is 52.0 Å². The van der Waals surface area contributed by atoms with E-state index >= 15 is 0 Å². The van der Waals surface area contributed by atoms with Crippen molar-refractivity contribution in [1.82, 2.24) is 15.2 Å². The molecule has 0 saturated carbocycles. The number of carbonyl (C=O) groups is 2. The minimum atomic E-state index is -0.268. The number of amides is 2. The molecular formula is C19H23Cl2N3O2. The van der Waals surface area contributed by atoms with Crippen molar-refractivity contribution >= 4 is 35.0 Å². The largest absolute Gasteiger partial charge is 0.350 e. The number of halogens is 2. The number of rotatable bonds is 6. The lowest BCUT2D eigenvalue weighted by atomic mass is 10.2. The zero-order chi connectivity index (χ0) is 19.4. The Morgan fingerprint density at radius 2 is 1.62 bits per heavy atom. The third kappa shape index (κ3) is 4.59. The van der Waals surface area contributed by atoms with Gasteiger partial charge in [0, 0.05) is 36.1 Å². The molecule has 0 aliphatic carbocycles. The van der Waals surface area contributed by atoms with Gasteiger partial charge in [0.15, 0.2) is 0 Å². The maximum absolute atomic E-state index is 12.4. The molecule has 1 heterocycles. The normalized spacial score (nSPS) is 10.9. The van der Waals surface area contributed by atoms with Gasteiger partial charge in [0.2, 0.25) is 0 Å². The van der Waals surface area contributed by atoms with E-state index in [0.717, 1.165) is 11.4 Å². The number of benzene rings is 1. The van der Waals surface area contributed by atoms with Crippen LogP contribution in [0, 0.1) is 13.8 Å². The second kappa shape index (κ2) is 8.60. The molecule has 0 aliphatic heterocycles. The van der Waals surface area contributed by atoms with Crippen molar-refractivity contribution in [1.29, 1.82) is 0 Å². The third-order valence-electron chi connectivity index (χ3n) is 4.12. The van der Waals surface area contributed by atoms with E-state index in [9.17, 15) is 9.59 Å². The Bertz CT molecular complexity index is 828. The van der Waals surface area contributed by atoms with Gasteiger partial charge in [-0.3, -0.25) is 9.59 Å². The van der Waals surface area contributed by atoms with Crippen LogP contribution in [-0.2, 0) is 0 Å². The van der Waals surface area contributed by atoms with E-state index in [4.69, 9.17) is 23.2 Å². The number of nitrogens with zero attached hydrogens (tertiary/aromatic N) is 1. The van der Waals surface area contributed by atoms with Crippen molar-refractivity contribution in [2.75, 3.05) is 13.1 Å². The van der Waals surface area contributed by atoms with E-state index in [0.29, 0.717) is 40.3 Å². The molecule has 140 valence electrons. The average molecular weight is 396 g/mol. The molecule has 0 fully saturated rings. The van der Waals surface area contributed by atoms with Gasteiger partial charge >= 0.3 is 0 Å². The van der Waals surface area contributed by atoms with Crippen LogP contribution in [0.5, 0.6) is 0 Å². The van der Waals surface area contributed by atoms with Crippen LogP contribution in [-0.4, -0.2) is 29.5 Å². The molecular weight excluding hydrogens is 373 g/mol. The molecule has 7 heteroatoms. The molecule has 0 unspecified atom stereocenters. The zero-order valence-corrected chi connectivity index (χ0v) is 16.8. The van der Waals surface area contributed by atoms with E-state index < -0.39 is 0 Å². The first-order chi connectivity index (χ1) is 12.2. The van der Waals surface area contributed by atoms with Crippen LogP contribution in [0.3, 0.4) is 0 Å². The van der Waals surface area contributed by atoms with Crippen molar-refractivity contribution in [2.24, 2.45) is 0 Å². The standard InChI is InChI=1S/C19H23Cl2N3O2/c1-11(2)24-12(3)9-15(13(24)4)19(26)23-8-7-22-18(25)14-5-6-16(20)17(21)10-14/h5-6,9-11H,7-8H2,1-4H3,(H,22,25)(H,23,26). The maximum Gasteiger partial charge on any atom is 0.253 e. The van der Waals surface area contributed by atoms with E-state index in [1.807, 2.05) is 19.9 Å². The summed E-state index contributed by atoms with van der Waals surface area (Å²) in [4.78, 5) is 24.5. The van der Waals surface area contributed by atoms with Crippen molar-refractivity contribution in [3.05, 3.63) is 56.8 Å². The van der Waals surface area contributed by atoms with E-state index in [-0.39, 0.29) is 11.8 Å². The van der Waals surface area contributed by atoms with Crippen LogP contribution in [0.2, 0.25) is 10.0 Å². The van der Waals surface area contributed by atoms with E-state index in [2.05, 4.69) is 29.0 Å². The van der Waals surface area contributed by atoms with Gasteiger partial charge < -0.3 is 15.2 Å². The fourth-order valence-electron chi connectivity index (χ4n) is 2.99. The van der Waals surface area contributed by atoms with Crippen LogP contribution in [0.25, 0.3) is 0 Å². The van der Waals surface area contributed by atoms with Crippen LogP contribution < -0.4 is 10.6 Å². The van der Waals surface area contributed by atoms with Crippen molar-refractivity contribution < 1.29 is 9.59 Å². The second-order valence-electron chi connectivity index (χ2n) is 6.39. The molecule has 0 spiro atoms. The smallest absolute Gasteiger partial charge is 0.253 e. The lowest BCUT2D eigenvalue weighted by Crippen LogP contribution is -2.34. The maximum atomic E-state index is 12.4. The van der Waals surface area contributed by atoms with Gasteiger partial charge in [-0.15, -0.1) is 0 Å². The van der Waals surface area contributed by atoms with Gasteiger partial charge in [-0.1, -0.05) is 23.2 Å². The van der Waals surface area contributed by atoms with Crippen LogP contribution in [0.4, 0.5) is 0 Å². The van der Waals surface area contributed by atoms with Crippen LogP contribution in [0.15, 0.2) is 24.3 Å². The minimum Gasteiger partial charge on any atom is -0.350 e. The Hall–Kier alpha value is -1.98. The predicted molar refractivity (Wildman–Crippen MR) is 105 cm³/mol. The van der Waals surface area contributed by atoms with E-state index in [1.54, 1.807) is 12.1 Å². The van der Waals surface area contributed by atoms with Crippen molar-refractivity contribution in [2.45, 2.75) is 33.7 Å². The summed E-state index contributed by atoms with van der Waals surface area (Å²) in [6, 6.07) is 6.87. The molecule has 2 N–H and O–H groups in total. The molecule has 0 saturated heterocycles. The summed E-state index contributed by atoms with van der Waals surface area (Å²) in [6.07, 6.45) is 0. The summed E-state index contributed by atoms with van der Waals surface area (Å²) < 4.78 is 2.13. The molecule has 2 rings (SSSR count). The first-order valence-electron chi connectivity index (χ1n) is 8.42. The fraction of sp³-hybridized carbons (Fsp3) is 0.368. The summed E-state index contributed by atoms with van der Waals surface area (Å²) in [6.45, 7) is 8.74. The number of aromatic nitrogens is 1. The second-order valence-corrected chi connectivity index (χ2v) is 7.20. The van der Waals surface area contributed by atoms with Gasteiger partial charge in [-0.25, -0.2) is 0 Å². The summed E-state index contributed by atoms with van der Waals surface area (Å²) in [5.41, 5.74) is 3.07. The van der Waals surface area contributed by atoms with E-state index in [1.165, 1.54) is 6.07 Å². The molecule has 1 aromatic carbocycles. The van der Waals surface area contributed by atoms with Gasteiger partial charge in [0.05, 0.1) is 15.6 Å². The summed E-state index contributed by atoms with van der Waals surface area (Å²) in [5.74, 6) is -0.412. The minimum absolute atomic E-state index is 0.145. The number of aryl methyl sites for hydroxylation is 1. The molecule has 0 atom stereocenters. The lowest BCUT2D eigenvalue weighted by Gasteiger charge is -2.13. The highest BCUT2D eigenvalue weighted by Gasteiger charge is 2.16. The summed E-state index contributed by atoms with van der Waals surface area (Å²) >= 11 is 11.7. The van der Waals surface area contributed by atoms with Gasteiger partial charge in [-0.2, -0.15) is 0 Å². The third-order valence-corrected chi connectivity index (χ3v) is 4.86. The molecule has 2 aromatic rings. The number of hydrogen-bond acceptors (Lipinski definition) is 2. The van der Waals surface area contributed by atoms with Gasteiger partial charge in [-0.05, 0) is 52.0 Å². The van der Waals surface area contributed by atoms with Gasteiger partial charge in [0.1, 0.15) is 0 Å². The highest BCUT2D eigenvalue weighted by atomic mass is 35.5. The fourth-order valence-corrected chi connectivity index (χ4v) is 3.29. The Morgan fingerprint density at radius 3 is 2.15 bits per heavy atom. The molecule has 0 radical (unpaired) electrons. The number of hydrogen-bond donors (Lipinski definition) is 2. The first-order valence-corrected chi connectivity index (χ1v) is 9.17. The van der Waals surface area contributed by atoms with Gasteiger partial charge in [0.25, 0.3) is 11.8 Å². The Morgan fingerprint density at radius 1 is 1.00 bits per heavy atom. The SMILES string of the molecule is Cc1cc(C(=O)NCCNC(=O)c2ccc(Cl)c(Cl)c2)c(C)n1C(C)C. The molecule has 1 aromatic heterocycles. The van der Waals surface area contributed by atoms with Crippen molar-refractivity contribution in [3.8, 4) is 0 Å². The predicted octanol–water partition coefficient (Wildman–Crippen LogP) is 4.15. The molecule has 0 bridgehead atoms. The Labute approximate surface area is 163 Å². The molecule has 0 aliphatic rings. The quantitative estimate of drug-likeness (QED) is 0.721. The topological polar surface area (TPSA) is 63.1 Å². The van der Waals surface area contributed by atoms with Crippen molar-refractivity contribution in [3.63, 3.8) is 0 Å². The Kier molecular flexibility index (Phi) is 6.73. The Balaban J connectivity index is 1.88. The average Bonchev–Trinajstić information content (AvgIpc) is 2.88. The first kappa shape index (κ1) is 20.3.